The minimum atomic E-state index is -0.843. The van der Waals surface area contributed by atoms with Gasteiger partial charge < -0.3 is 9.84 Å². The molecule has 2 heteroatoms. The van der Waals surface area contributed by atoms with Gasteiger partial charge in [-0.2, -0.15) is 0 Å². The maximum absolute atomic E-state index is 11.1. The first-order valence-corrected chi connectivity index (χ1v) is 7.09. The quantitative estimate of drug-likeness (QED) is 0.862. The van der Waals surface area contributed by atoms with Crippen molar-refractivity contribution < 1.29 is 9.84 Å². The first-order chi connectivity index (χ1) is 9.69. The number of hydrogen-bond donors (Lipinski definition) is 1. The van der Waals surface area contributed by atoms with Gasteiger partial charge >= 0.3 is 0 Å². The summed E-state index contributed by atoms with van der Waals surface area (Å²) in [7, 11) is 1.67. The molecule has 0 aliphatic heterocycles. The Morgan fingerprint density at radius 3 is 2.30 bits per heavy atom. The highest BCUT2D eigenvalue weighted by Gasteiger charge is 2.29. The van der Waals surface area contributed by atoms with Gasteiger partial charge in [0.2, 0.25) is 0 Å². The Balaban J connectivity index is 2.34. The number of hydrogen-bond acceptors (Lipinski definition) is 2. The molecule has 1 unspecified atom stereocenters. The fraction of sp³-hybridized carbons (Fsp3) is 0.333. The van der Waals surface area contributed by atoms with Crippen LogP contribution < -0.4 is 4.74 Å². The van der Waals surface area contributed by atoms with Crippen molar-refractivity contribution in [2.24, 2.45) is 0 Å². The van der Waals surface area contributed by atoms with Crippen LogP contribution in [0.4, 0.5) is 0 Å². The summed E-state index contributed by atoms with van der Waals surface area (Å²) in [6, 6.07) is 17.8. The first kappa shape index (κ1) is 14.6. The Kier molecular flexibility index (Phi) is 4.80. The number of rotatable bonds is 6. The maximum atomic E-state index is 11.1. The van der Waals surface area contributed by atoms with Crippen LogP contribution in [0.1, 0.15) is 30.9 Å². The van der Waals surface area contributed by atoms with E-state index in [1.165, 1.54) is 0 Å². The molecular formula is C18H22O2. The minimum absolute atomic E-state index is 0.564. The molecule has 106 valence electrons. The lowest BCUT2D eigenvalue weighted by Gasteiger charge is -2.29. The molecule has 2 aromatic rings. The molecule has 0 saturated heterocycles. The Morgan fingerprint density at radius 2 is 1.65 bits per heavy atom. The van der Waals surface area contributed by atoms with Gasteiger partial charge in [-0.05, 0) is 23.6 Å². The fourth-order valence-electron chi connectivity index (χ4n) is 2.66. The number of aliphatic hydroxyl groups is 1. The molecule has 0 aromatic heterocycles. The molecule has 0 saturated carbocycles. The normalized spacial score (nSPS) is 13.8. The fourth-order valence-corrected chi connectivity index (χ4v) is 2.66. The highest BCUT2D eigenvalue weighted by atomic mass is 16.5. The molecule has 0 fully saturated rings. The van der Waals surface area contributed by atoms with Crippen LogP contribution in [-0.2, 0) is 12.0 Å². The monoisotopic (exact) mass is 270 g/mol. The van der Waals surface area contributed by atoms with Crippen LogP contribution in [0, 0.1) is 0 Å². The van der Waals surface area contributed by atoms with Crippen molar-refractivity contribution in [3.05, 3.63) is 65.7 Å². The van der Waals surface area contributed by atoms with Gasteiger partial charge in [-0.15, -0.1) is 0 Å². The second kappa shape index (κ2) is 6.58. The number of para-hydroxylation sites is 1. The molecule has 2 rings (SSSR count). The Labute approximate surface area is 121 Å². The van der Waals surface area contributed by atoms with E-state index in [2.05, 4.69) is 6.92 Å². The van der Waals surface area contributed by atoms with E-state index in [4.69, 9.17) is 4.74 Å². The van der Waals surface area contributed by atoms with Crippen molar-refractivity contribution in [2.45, 2.75) is 31.8 Å². The van der Waals surface area contributed by atoms with Crippen LogP contribution in [0.2, 0.25) is 0 Å². The van der Waals surface area contributed by atoms with E-state index < -0.39 is 5.60 Å². The number of benzene rings is 2. The Morgan fingerprint density at radius 1 is 1.00 bits per heavy atom. The van der Waals surface area contributed by atoms with Crippen molar-refractivity contribution in [1.29, 1.82) is 0 Å². The van der Waals surface area contributed by atoms with Crippen LogP contribution in [0.5, 0.6) is 5.75 Å². The molecule has 2 aromatic carbocycles. The van der Waals surface area contributed by atoms with E-state index in [-0.39, 0.29) is 0 Å². The summed E-state index contributed by atoms with van der Waals surface area (Å²) in [5.74, 6) is 0.831. The SMILES string of the molecule is CCCC(O)(Cc1ccccc1OC)c1ccccc1. The van der Waals surface area contributed by atoms with Crippen LogP contribution in [0.25, 0.3) is 0 Å². The second-order valence-corrected chi connectivity index (χ2v) is 5.14. The van der Waals surface area contributed by atoms with Gasteiger partial charge in [-0.25, -0.2) is 0 Å². The van der Waals surface area contributed by atoms with Crippen LogP contribution in [-0.4, -0.2) is 12.2 Å². The van der Waals surface area contributed by atoms with Crippen LogP contribution >= 0.6 is 0 Å². The molecule has 0 spiro atoms. The highest BCUT2D eigenvalue weighted by molar-refractivity contribution is 5.36. The first-order valence-electron chi connectivity index (χ1n) is 7.09. The zero-order valence-electron chi connectivity index (χ0n) is 12.2. The minimum Gasteiger partial charge on any atom is -0.496 e. The van der Waals surface area contributed by atoms with Gasteiger partial charge in [-0.1, -0.05) is 61.9 Å². The predicted molar refractivity (Wildman–Crippen MR) is 81.9 cm³/mol. The van der Waals surface area contributed by atoms with Gasteiger partial charge in [0, 0.05) is 6.42 Å². The zero-order valence-corrected chi connectivity index (χ0v) is 12.2. The van der Waals surface area contributed by atoms with Crippen molar-refractivity contribution in [3.63, 3.8) is 0 Å². The summed E-state index contributed by atoms with van der Waals surface area (Å²) in [5.41, 5.74) is 1.16. The third kappa shape index (κ3) is 3.20. The number of ether oxygens (including phenoxy) is 1. The molecule has 0 aliphatic carbocycles. The van der Waals surface area contributed by atoms with Gasteiger partial charge in [0.1, 0.15) is 5.75 Å². The predicted octanol–water partition coefficient (Wildman–Crippen LogP) is 3.93. The summed E-state index contributed by atoms with van der Waals surface area (Å²) in [6.45, 7) is 2.09. The smallest absolute Gasteiger partial charge is 0.122 e. The largest absolute Gasteiger partial charge is 0.496 e. The molecule has 2 nitrogen and oxygen atoms in total. The summed E-state index contributed by atoms with van der Waals surface area (Å²) in [5, 5.41) is 11.1. The lowest BCUT2D eigenvalue weighted by atomic mass is 9.83. The third-order valence-electron chi connectivity index (χ3n) is 3.65. The van der Waals surface area contributed by atoms with Gasteiger partial charge in [0.05, 0.1) is 12.7 Å². The Bertz CT molecular complexity index is 536. The molecule has 20 heavy (non-hydrogen) atoms. The van der Waals surface area contributed by atoms with Crippen molar-refractivity contribution in [3.8, 4) is 5.75 Å². The van der Waals surface area contributed by atoms with E-state index in [9.17, 15) is 5.11 Å². The van der Waals surface area contributed by atoms with E-state index in [0.29, 0.717) is 6.42 Å². The standard InChI is InChI=1S/C18H22O2/c1-3-13-18(19,16-10-5-4-6-11-16)14-15-9-7-8-12-17(15)20-2/h4-12,19H,3,13-14H2,1-2H3. The third-order valence-corrected chi connectivity index (χ3v) is 3.65. The maximum Gasteiger partial charge on any atom is 0.122 e. The average molecular weight is 270 g/mol. The summed E-state index contributed by atoms with van der Waals surface area (Å²) in [6.07, 6.45) is 2.23. The molecular weight excluding hydrogens is 248 g/mol. The molecule has 1 N–H and O–H groups in total. The average Bonchev–Trinajstić information content (AvgIpc) is 2.49. The van der Waals surface area contributed by atoms with Crippen molar-refractivity contribution >= 4 is 0 Å². The molecule has 1 atom stereocenters. The van der Waals surface area contributed by atoms with Crippen LogP contribution in [0.3, 0.4) is 0 Å². The topological polar surface area (TPSA) is 29.5 Å². The zero-order chi connectivity index (χ0) is 14.4. The number of methoxy groups -OCH3 is 1. The molecule has 0 bridgehead atoms. The molecule has 0 heterocycles. The highest BCUT2D eigenvalue weighted by Crippen LogP contribution is 2.33. The van der Waals surface area contributed by atoms with Gasteiger partial charge in [0.25, 0.3) is 0 Å². The molecule has 0 radical (unpaired) electrons. The summed E-state index contributed by atoms with van der Waals surface area (Å²) in [4.78, 5) is 0. The van der Waals surface area contributed by atoms with E-state index in [0.717, 1.165) is 29.7 Å². The Hall–Kier alpha value is -1.80. The van der Waals surface area contributed by atoms with E-state index in [1.54, 1.807) is 7.11 Å². The molecule has 0 aliphatic rings. The van der Waals surface area contributed by atoms with Crippen molar-refractivity contribution in [2.75, 3.05) is 7.11 Å². The van der Waals surface area contributed by atoms with Gasteiger partial charge in [-0.3, -0.25) is 0 Å². The second-order valence-electron chi connectivity index (χ2n) is 5.14. The van der Waals surface area contributed by atoms with Crippen LogP contribution in [0.15, 0.2) is 54.6 Å². The summed E-state index contributed by atoms with van der Waals surface area (Å²) < 4.78 is 5.39. The lowest BCUT2D eigenvalue weighted by Crippen LogP contribution is -2.28. The van der Waals surface area contributed by atoms with Crippen molar-refractivity contribution in [1.82, 2.24) is 0 Å². The summed E-state index contributed by atoms with van der Waals surface area (Å²) >= 11 is 0. The van der Waals surface area contributed by atoms with Gasteiger partial charge in [0.15, 0.2) is 0 Å². The van der Waals surface area contributed by atoms with E-state index >= 15 is 0 Å². The lowest BCUT2D eigenvalue weighted by molar-refractivity contribution is 0.0263. The van der Waals surface area contributed by atoms with E-state index in [1.807, 2.05) is 54.6 Å². The molecule has 0 amide bonds.